The van der Waals surface area contributed by atoms with Gasteiger partial charge in [-0.05, 0) is 12.1 Å². The Hall–Kier alpha value is -3.82. The number of hydrogen-bond acceptors (Lipinski definition) is 6. The first-order valence-electron chi connectivity index (χ1n) is 7.90. The van der Waals surface area contributed by atoms with Gasteiger partial charge in [-0.25, -0.2) is 9.78 Å². The molecule has 0 fully saturated rings. The molecule has 4 aromatic rings. The van der Waals surface area contributed by atoms with Crippen molar-refractivity contribution in [1.29, 1.82) is 0 Å². The van der Waals surface area contributed by atoms with Crippen LogP contribution >= 0.6 is 0 Å². The largest absolute Gasteiger partial charge is 0.332 e. The average molecular weight is 367 g/mol. The summed E-state index contributed by atoms with van der Waals surface area (Å²) in [6, 6.07) is 5.57. The molecule has 0 aliphatic rings. The molecule has 0 aliphatic heterocycles. The van der Waals surface area contributed by atoms with Gasteiger partial charge in [0.25, 0.3) is 16.8 Å². The Morgan fingerprint density at radius 1 is 0.963 bits per heavy atom. The quantitative estimate of drug-likeness (QED) is 0.209. The van der Waals surface area contributed by atoms with E-state index in [1.54, 1.807) is 0 Å². The van der Waals surface area contributed by atoms with Gasteiger partial charge in [0.15, 0.2) is 0 Å². The number of benzene rings is 1. The molecule has 0 atom stereocenters. The molecule has 0 amide bonds. The van der Waals surface area contributed by atoms with Crippen molar-refractivity contribution < 1.29 is 4.92 Å². The molecule has 0 N–H and O–H groups in total. The van der Waals surface area contributed by atoms with Crippen LogP contribution in [0.5, 0.6) is 0 Å². The van der Waals surface area contributed by atoms with E-state index >= 15 is 0 Å². The highest BCUT2D eigenvalue weighted by Crippen LogP contribution is 2.24. The molecular weight excluding hydrogens is 354 g/mol. The molecule has 0 saturated carbocycles. The number of aromatic nitrogens is 4. The zero-order valence-electron chi connectivity index (χ0n) is 14.6. The third kappa shape index (κ3) is 2.13. The minimum Gasteiger partial charge on any atom is -0.296 e. The Morgan fingerprint density at radius 3 is 2.33 bits per heavy atom. The maximum Gasteiger partial charge on any atom is 0.332 e. The molecule has 4 rings (SSSR count). The lowest BCUT2D eigenvalue weighted by molar-refractivity contribution is -0.384. The van der Waals surface area contributed by atoms with Crippen molar-refractivity contribution in [3.05, 3.63) is 65.6 Å². The summed E-state index contributed by atoms with van der Waals surface area (Å²) in [6.07, 6.45) is 0. The Morgan fingerprint density at radius 2 is 1.67 bits per heavy atom. The number of fused-ring (bicyclic) bond motifs is 4. The van der Waals surface area contributed by atoms with Crippen LogP contribution in [0.2, 0.25) is 0 Å². The zero-order valence-corrected chi connectivity index (χ0v) is 14.6. The zero-order chi connectivity index (χ0) is 19.6. The molecule has 10 heteroatoms. The average Bonchev–Trinajstić information content (AvgIpc) is 2.65. The summed E-state index contributed by atoms with van der Waals surface area (Å²) in [5.74, 6) is 0. The highest BCUT2D eigenvalue weighted by Gasteiger charge is 2.19. The topological polar surface area (TPSA) is 122 Å². The predicted octanol–water partition coefficient (Wildman–Crippen LogP) is 0.545. The Labute approximate surface area is 149 Å². The normalized spacial score (nSPS) is 11.5. The number of non-ortho nitro benzene ring substituents is 1. The maximum atomic E-state index is 12.8. The molecule has 10 nitrogen and oxygen atoms in total. The summed E-state index contributed by atoms with van der Waals surface area (Å²) in [6.45, 7) is 0. The first-order valence-corrected chi connectivity index (χ1v) is 7.90. The Balaban J connectivity index is 2.34. The van der Waals surface area contributed by atoms with Crippen molar-refractivity contribution in [2.75, 3.05) is 0 Å². The predicted molar refractivity (Wildman–Crippen MR) is 99.1 cm³/mol. The van der Waals surface area contributed by atoms with E-state index in [9.17, 15) is 24.5 Å². The molecule has 136 valence electrons. The second-order valence-electron chi connectivity index (χ2n) is 6.29. The number of nitro groups is 1. The Bertz CT molecular complexity index is 1490. The van der Waals surface area contributed by atoms with Gasteiger partial charge in [0.2, 0.25) is 0 Å². The number of hydrogen-bond donors (Lipinski definition) is 0. The van der Waals surface area contributed by atoms with Crippen LogP contribution in [0.1, 0.15) is 0 Å². The van der Waals surface area contributed by atoms with Crippen LogP contribution in [0, 0.1) is 10.1 Å². The monoisotopic (exact) mass is 367 g/mol. The van der Waals surface area contributed by atoms with Gasteiger partial charge < -0.3 is 0 Å². The minimum absolute atomic E-state index is 0.125. The molecule has 3 heterocycles. The fourth-order valence-corrected chi connectivity index (χ4v) is 3.34. The molecule has 0 aliphatic carbocycles. The lowest BCUT2D eigenvalue weighted by atomic mass is 10.1. The number of rotatable bonds is 1. The minimum atomic E-state index is -0.567. The van der Waals surface area contributed by atoms with Gasteiger partial charge in [-0.3, -0.25) is 33.4 Å². The van der Waals surface area contributed by atoms with Crippen molar-refractivity contribution in [2.45, 2.75) is 0 Å². The lowest BCUT2D eigenvalue weighted by Crippen LogP contribution is -2.39. The van der Waals surface area contributed by atoms with Crippen molar-refractivity contribution in [3.8, 4) is 0 Å². The smallest absolute Gasteiger partial charge is 0.296 e. The molecule has 0 bridgehead atoms. The number of aryl methyl sites for hydroxylation is 2. The molecule has 0 unspecified atom stereocenters. The molecule has 3 aromatic heterocycles. The van der Waals surface area contributed by atoms with E-state index in [1.165, 1.54) is 54.5 Å². The fourth-order valence-electron chi connectivity index (χ4n) is 3.34. The summed E-state index contributed by atoms with van der Waals surface area (Å²) in [5.41, 5.74) is -0.986. The van der Waals surface area contributed by atoms with E-state index in [0.29, 0.717) is 10.9 Å². The maximum absolute atomic E-state index is 12.8. The summed E-state index contributed by atoms with van der Waals surface area (Å²) in [5, 5.41) is 11.7. The third-order valence-electron chi connectivity index (χ3n) is 4.73. The molecule has 0 saturated heterocycles. The van der Waals surface area contributed by atoms with Gasteiger partial charge in [-0.1, -0.05) is 0 Å². The van der Waals surface area contributed by atoms with Gasteiger partial charge in [0.1, 0.15) is 11.0 Å². The number of nitro benzene ring substituents is 1. The van der Waals surface area contributed by atoms with E-state index in [-0.39, 0.29) is 27.6 Å². The SMILES string of the molecule is Cn1c(=O)c2c3nc4ccc([N+](=O)[O-])cc4cc3c(=O)n(C)c2n(C)c1=O. The van der Waals surface area contributed by atoms with Crippen molar-refractivity contribution in [3.63, 3.8) is 0 Å². The molecule has 0 radical (unpaired) electrons. The highest BCUT2D eigenvalue weighted by molar-refractivity contribution is 6.05. The second-order valence-corrected chi connectivity index (χ2v) is 6.29. The van der Waals surface area contributed by atoms with Crippen molar-refractivity contribution in [1.82, 2.24) is 18.7 Å². The third-order valence-corrected chi connectivity index (χ3v) is 4.73. The standard InChI is InChI=1S/C17H13N5O5/c1-19-14-12(16(24)21(3)17(25)20(14)2)13-10(15(19)23)7-8-6-9(22(26)27)4-5-11(8)18-13/h4-7H,1-3H3. The van der Waals surface area contributed by atoms with Crippen LogP contribution in [0.15, 0.2) is 38.6 Å². The fraction of sp³-hybridized carbons (Fsp3) is 0.176. The van der Waals surface area contributed by atoms with Crippen molar-refractivity contribution in [2.24, 2.45) is 21.1 Å². The molecule has 27 heavy (non-hydrogen) atoms. The number of nitrogens with zero attached hydrogens (tertiary/aromatic N) is 5. The molecule has 1 aromatic carbocycles. The van der Waals surface area contributed by atoms with E-state index in [0.717, 1.165) is 4.57 Å². The molecular formula is C17H13N5O5. The van der Waals surface area contributed by atoms with Crippen LogP contribution in [-0.2, 0) is 21.1 Å². The summed E-state index contributed by atoms with van der Waals surface area (Å²) >= 11 is 0. The van der Waals surface area contributed by atoms with Gasteiger partial charge in [-0.2, -0.15) is 0 Å². The van der Waals surface area contributed by atoms with Gasteiger partial charge in [0, 0.05) is 38.7 Å². The second kappa shape index (κ2) is 5.34. The summed E-state index contributed by atoms with van der Waals surface area (Å²) in [4.78, 5) is 52.7. The summed E-state index contributed by atoms with van der Waals surface area (Å²) in [7, 11) is 4.28. The highest BCUT2D eigenvalue weighted by atomic mass is 16.6. The molecule has 0 spiro atoms. The summed E-state index contributed by atoms with van der Waals surface area (Å²) < 4.78 is 3.39. The van der Waals surface area contributed by atoms with E-state index < -0.39 is 21.7 Å². The first-order chi connectivity index (χ1) is 12.7. The Kier molecular flexibility index (Phi) is 3.29. The van der Waals surface area contributed by atoms with Crippen LogP contribution in [0.3, 0.4) is 0 Å². The number of pyridine rings is 2. The van der Waals surface area contributed by atoms with Crippen LogP contribution in [0.25, 0.3) is 32.8 Å². The van der Waals surface area contributed by atoms with E-state index in [4.69, 9.17) is 0 Å². The van der Waals surface area contributed by atoms with Crippen LogP contribution in [0.4, 0.5) is 5.69 Å². The van der Waals surface area contributed by atoms with Gasteiger partial charge in [-0.15, -0.1) is 0 Å². The van der Waals surface area contributed by atoms with Gasteiger partial charge in [0.05, 0.1) is 21.3 Å². The van der Waals surface area contributed by atoms with E-state index in [2.05, 4.69) is 4.98 Å². The van der Waals surface area contributed by atoms with Crippen molar-refractivity contribution >= 4 is 38.5 Å². The van der Waals surface area contributed by atoms with Crippen LogP contribution in [-0.4, -0.2) is 23.6 Å². The first kappa shape index (κ1) is 16.6. The van der Waals surface area contributed by atoms with Gasteiger partial charge >= 0.3 is 5.69 Å². The van der Waals surface area contributed by atoms with E-state index in [1.807, 2.05) is 0 Å². The lowest BCUT2D eigenvalue weighted by Gasteiger charge is -2.13. The van der Waals surface area contributed by atoms with Crippen LogP contribution < -0.4 is 16.8 Å².